The van der Waals surface area contributed by atoms with E-state index in [1.807, 2.05) is 6.92 Å². The highest BCUT2D eigenvalue weighted by Crippen LogP contribution is 2.26. The molecule has 2 heterocycles. The number of hydrogen-bond acceptors (Lipinski definition) is 6. The molecule has 0 amide bonds. The molecule has 3 rings (SSSR count). The fraction of sp³-hybridized carbons (Fsp3) is 0.353. The molecule has 0 radical (unpaired) electrons. The summed E-state index contributed by atoms with van der Waals surface area (Å²) in [7, 11) is 1.64. The van der Waals surface area contributed by atoms with E-state index in [1.54, 1.807) is 19.2 Å². The molecule has 0 atom stereocenters. The van der Waals surface area contributed by atoms with E-state index in [9.17, 15) is 19.7 Å². The number of nitro groups is 1. The quantitative estimate of drug-likeness (QED) is 0.496. The molecule has 27 heavy (non-hydrogen) atoms. The summed E-state index contributed by atoms with van der Waals surface area (Å²) in [6.07, 6.45) is 1.65. The van der Waals surface area contributed by atoms with Gasteiger partial charge in [-0.1, -0.05) is 25.5 Å². The van der Waals surface area contributed by atoms with Crippen molar-refractivity contribution in [3.63, 3.8) is 0 Å². The normalized spacial score (nSPS) is 11.0. The smallest absolute Gasteiger partial charge is 0.330 e. The zero-order valence-corrected chi connectivity index (χ0v) is 15.0. The monoisotopic (exact) mass is 373 g/mol. The Bertz CT molecular complexity index is 1110. The van der Waals surface area contributed by atoms with Gasteiger partial charge in [0.05, 0.1) is 4.92 Å². The van der Waals surface area contributed by atoms with E-state index in [-0.39, 0.29) is 29.2 Å². The molecule has 3 aromatic rings. The van der Waals surface area contributed by atoms with Gasteiger partial charge in [0, 0.05) is 19.7 Å². The van der Waals surface area contributed by atoms with Crippen LogP contribution in [0.25, 0.3) is 11.2 Å². The van der Waals surface area contributed by atoms with Crippen LogP contribution in [0.5, 0.6) is 5.75 Å². The Morgan fingerprint density at radius 1 is 1.30 bits per heavy atom. The van der Waals surface area contributed by atoms with Gasteiger partial charge in [0.15, 0.2) is 16.9 Å². The van der Waals surface area contributed by atoms with Crippen LogP contribution in [-0.2, 0) is 20.2 Å². The van der Waals surface area contributed by atoms with E-state index in [4.69, 9.17) is 4.74 Å². The van der Waals surface area contributed by atoms with Crippen LogP contribution in [0.1, 0.15) is 25.6 Å². The highest BCUT2D eigenvalue weighted by molar-refractivity contribution is 5.70. The van der Waals surface area contributed by atoms with Crippen LogP contribution in [0.2, 0.25) is 0 Å². The van der Waals surface area contributed by atoms with E-state index in [0.717, 1.165) is 12.8 Å². The maximum absolute atomic E-state index is 12.2. The van der Waals surface area contributed by atoms with Crippen molar-refractivity contribution in [3.8, 4) is 5.75 Å². The molecule has 2 aromatic heterocycles. The lowest BCUT2D eigenvalue weighted by molar-refractivity contribution is -0.386. The number of aryl methyl sites for hydroxylation is 2. The highest BCUT2D eigenvalue weighted by Gasteiger charge is 2.18. The molecule has 0 saturated carbocycles. The molecule has 1 aromatic carbocycles. The van der Waals surface area contributed by atoms with Crippen molar-refractivity contribution in [1.82, 2.24) is 19.1 Å². The summed E-state index contributed by atoms with van der Waals surface area (Å²) in [5.74, 6) is 0.483. The van der Waals surface area contributed by atoms with Crippen molar-refractivity contribution in [2.45, 2.75) is 32.9 Å². The van der Waals surface area contributed by atoms with E-state index in [0.29, 0.717) is 12.4 Å². The van der Waals surface area contributed by atoms with Gasteiger partial charge in [-0.3, -0.25) is 24.5 Å². The molecular formula is C17H19N5O5. The van der Waals surface area contributed by atoms with Crippen LogP contribution in [0, 0.1) is 10.1 Å². The second kappa shape index (κ2) is 7.44. The number of para-hydroxylation sites is 2. The van der Waals surface area contributed by atoms with Gasteiger partial charge in [0.25, 0.3) is 5.56 Å². The fourth-order valence-corrected chi connectivity index (χ4v) is 2.82. The zero-order chi connectivity index (χ0) is 19.6. The molecule has 142 valence electrons. The Hall–Kier alpha value is -3.43. The van der Waals surface area contributed by atoms with Crippen LogP contribution in [0.15, 0.2) is 33.9 Å². The number of hydrogen-bond donors (Lipinski definition) is 1. The highest BCUT2D eigenvalue weighted by atomic mass is 16.6. The predicted molar refractivity (Wildman–Crippen MR) is 97.9 cm³/mol. The lowest BCUT2D eigenvalue weighted by atomic mass is 10.3. The summed E-state index contributed by atoms with van der Waals surface area (Å²) in [6.45, 7) is 2.35. The molecule has 0 saturated heterocycles. The summed E-state index contributed by atoms with van der Waals surface area (Å²) in [5.41, 5.74) is -0.665. The number of fused-ring (bicyclic) bond motifs is 1. The second-order valence-corrected chi connectivity index (χ2v) is 6.04. The van der Waals surface area contributed by atoms with Gasteiger partial charge in [-0.15, -0.1) is 0 Å². The first-order valence-corrected chi connectivity index (χ1v) is 8.48. The largest absolute Gasteiger partial charge is 0.479 e. The van der Waals surface area contributed by atoms with Crippen molar-refractivity contribution >= 4 is 16.9 Å². The zero-order valence-electron chi connectivity index (χ0n) is 15.0. The number of benzene rings is 1. The number of H-pyrrole nitrogens is 1. The number of nitrogens with one attached hydrogen (secondary N) is 1. The minimum absolute atomic E-state index is 0.0859. The van der Waals surface area contributed by atoms with Crippen LogP contribution >= 0.6 is 0 Å². The summed E-state index contributed by atoms with van der Waals surface area (Å²) in [6, 6.07) is 6.01. The van der Waals surface area contributed by atoms with Gasteiger partial charge < -0.3 is 9.30 Å². The maximum atomic E-state index is 12.2. The lowest BCUT2D eigenvalue weighted by Crippen LogP contribution is -2.31. The standard InChI is InChI=1S/C17H19N5O5/c1-3-4-9-21-15-14(16(23)19-17(21)24)20(2)13(18-15)10-27-12-8-6-5-7-11(12)22(25)26/h5-8H,3-4,9-10H2,1-2H3,(H,19,23,24). The Morgan fingerprint density at radius 3 is 2.74 bits per heavy atom. The first-order valence-electron chi connectivity index (χ1n) is 8.48. The second-order valence-electron chi connectivity index (χ2n) is 6.04. The molecule has 10 nitrogen and oxygen atoms in total. The van der Waals surface area contributed by atoms with Crippen LogP contribution in [0.3, 0.4) is 0 Å². The lowest BCUT2D eigenvalue weighted by Gasteiger charge is -2.06. The number of nitrogens with zero attached hydrogens (tertiary/aromatic N) is 4. The van der Waals surface area contributed by atoms with Gasteiger partial charge in [0.1, 0.15) is 12.4 Å². The van der Waals surface area contributed by atoms with Gasteiger partial charge in [0.2, 0.25) is 0 Å². The number of aromatic nitrogens is 4. The van der Waals surface area contributed by atoms with Gasteiger partial charge >= 0.3 is 11.4 Å². The molecular weight excluding hydrogens is 354 g/mol. The molecule has 0 fully saturated rings. The Morgan fingerprint density at radius 2 is 2.04 bits per heavy atom. The average molecular weight is 373 g/mol. The third-order valence-electron chi connectivity index (χ3n) is 4.26. The minimum atomic E-state index is -0.533. The summed E-state index contributed by atoms with van der Waals surface area (Å²) in [4.78, 5) is 41.6. The van der Waals surface area contributed by atoms with E-state index in [1.165, 1.54) is 21.3 Å². The fourth-order valence-electron chi connectivity index (χ4n) is 2.82. The summed E-state index contributed by atoms with van der Waals surface area (Å²) in [5, 5.41) is 11.1. The van der Waals surface area contributed by atoms with Crippen molar-refractivity contribution in [3.05, 3.63) is 61.0 Å². The van der Waals surface area contributed by atoms with Crippen LogP contribution < -0.4 is 16.0 Å². The number of aromatic amines is 1. The number of unbranched alkanes of at least 4 members (excludes halogenated alkanes) is 1. The predicted octanol–water partition coefficient (Wildman–Crippen LogP) is 1.71. The van der Waals surface area contributed by atoms with Crippen molar-refractivity contribution in [1.29, 1.82) is 0 Å². The third-order valence-corrected chi connectivity index (χ3v) is 4.26. The molecule has 0 bridgehead atoms. The first-order chi connectivity index (χ1) is 12.9. The SMILES string of the molecule is CCCCn1c(=O)[nH]c(=O)c2c1nc(COc1ccccc1[N+](=O)[O-])n2C. The Balaban J connectivity index is 2.00. The van der Waals surface area contributed by atoms with Crippen LogP contribution in [0.4, 0.5) is 5.69 Å². The van der Waals surface area contributed by atoms with Gasteiger partial charge in [-0.25, -0.2) is 9.78 Å². The molecule has 0 unspecified atom stereocenters. The molecule has 1 N–H and O–H groups in total. The Kier molecular flexibility index (Phi) is 5.06. The maximum Gasteiger partial charge on any atom is 0.330 e. The Labute approximate surface area is 153 Å². The topological polar surface area (TPSA) is 125 Å². The molecule has 10 heteroatoms. The van der Waals surface area contributed by atoms with E-state index in [2.05, 4.69) is 9.97 Å². The summed E-state index contributed by atoms with van der Waals surface area (Å²) >= 11 is 0. The molecule has 0 aliphatic rings. The third kappa shape index (κ3) is 3.46. The van der Waals surface area contributed by atoms with E-state index >= 15 is 0 Å². The minimum Gasteiger partial charge on any atom is -0.479 e. The van der Waals surface area contributed by atoms with Crippen molar-refractivity contribution in [2.75, 3.05) is 0 Å². The summed E-state index contributed by atoms with van der Waals surface area (Å²) < 4.78 is 8.52. The molecule has 0 spiro atoms. The molecule has 0 aliphatic carbocycles. The number of imidazole rings is 1. The average Bonchev–Trinajstić information content (AvgIpc) is 2.97. The number of ether oxygens (including phenoxy) is 1. The van der Waals surface area contributed by atoms with E-state index < -0.39 is 16.2 Å². The first kappa shape index (κ1) is 18.4. The van der Waals surface area contributed by atoms with Gasteiger partial charge in [-0.05, 0) is 12.5 Å². The number of rotatable bonds is 7. The van der Waals surface area contributed by atoms with Crippen molar-refractivity contribution in [2.24, 2.45) is 7.05 Å². The van der Waals surface area contributed by atoms with Crippen molar-refractivity contribution < 1.29 is 9.66 Å². The molecule has 0 aliphatic heterocycles. The van der Waals surface area contributed by atoms with Crippen LogP contribution in [-0.4, -0.2) is 24.0 Å². The van der Waals surface area contributed by atoms with Gasteiger partial charge in [-0.2, -0.15) is 0 Å². The number of nitro benzene ring substituents is 1.